The lowest BCUT2D eigenvalue weighted by molar-refractivity contribution is 0.634. The van der Waals surface area contributed by atoms with Crippen LogP contribution in [-0.4, -0.2) is 39.9 Å². The number of nitrogens with one attached hydrogen (secondary N) is 3. The van der Waals surface area contributed by atoms with Crippen LogP contribution in [0.5, 0.6) is 0 Å². The average Bonchev–Trinajstić information content (AvgIpc) is 3.21. The van der Waals surface area contributed by atoms with E-state index in [1.165, 1.54) is 27.7 Å². The first-order valence-electron chi connectivity index (χ1n) is 10.6. The molecule has 0 fully saturated rings. The van der Waals surface area contributed by atoms with Gasteiger partial charge in [-0.05, 0) is 64.2 Å². The van der Waals surface area contributed by atoms with Crippen LogP contribution in [0.2, 0.25) is 0 Å². The summed E-state index contributed by atoms with van der Waals surface area (Å²) in [5.41, 5.74) is 6.24. The third-order valence-corrected chi connectivity index (χ3v) is 5.45. The molecule has 2 aromatic heterocycles. The Bertz CT molecular complexity index is 965. The van der Waals surface area contributed by atoms with E-state index in [-0.39, 0.29) is 6.04 Å². The number of rotatable bonds is 8. The largest absolute Gasteiger partial charge is 0.361 e. The Morgan fingerprint density at radius 2 is 2.07 bits per heavy atom. The quantitative estimate of drug-likeness (QED) is 0.310. The predicted molar refractivity (Wildman–Crippen MR) is 122 cm³/mol. The average molecular weight is 395 g/mol. The maximum Gasteiger partial charge on any atom is 0.191 e. The number of aromatic amines is 1. The SMILES string of the molecule is CCNC(=NCCCc1c[nH]c2ccccc12)NC(C)Cc1c(C)nn(C)c1C. The molecule has 3 N–H and O–H groups in total. The second-order valence-electron chi connectivity index (χ2n) is 7.75. The van der Waals surface area contributed by atoms with Crippen molar-refractivity contribution in [2.75, 3.05) is 13.1 Å². The molecule has 0 aliphatic rings. The molecule has 0 spiro atoms. The summed E-state index contributed by atoms with van der Waals surface area (Å²) in [5.74, 6) is 0.887. The van der Waals surface area contributed by atoms with E-state index in [0.29, 0.717) is 0 Å². The number of nitrogens with zero attached hydrogens (tertiary/aromatic N) is 3. The minimum atomic E-state index is 0.281. The van der Waals surface area contributed by atoms with Crippen molar-refractivity contribution in [3.8, 4) is 0 Å². The molecule has 156 valence electrons. The molecule has 0 radical (unpaired) electrons. The zero-order valence-corrected chi connectivity index (χ0v) is 18.3. The summed E-state index contributed by atoms with van der Waals surface area (Å²) in [5, 5.41) is 12.8. The number of hydrogen-bond donors (Lipinski definition) is 3. The van der Waals surface area contributed by atoms with Gasteiger partial charge < -0.3 is 15.6 Å². The van der Waals surface area contributed by atoms with Gasteiger partial charge >= 0.3 is 0 Å². The van der Waals surface area contributed by atoms with Crippen LogP contribution in [0.25, 0.3) is 10.9 Å². The number of H-pyrrole nitrogens is 1. The van der Waals surface area contributed by atoms with Gasteiger partial charge in [0.1, 0.15) is 0 Å². The summed E-state index contributed by atoms with van der Waals surface area (Å²) < 4.78 is 1.96. The van der Waals surface area contributed by atoms with Crippen molar-refractivity contribution >= 4 is 16.9 Å². The number of hydrogen-bond acceptors (Lipinski definition) is 2. The Labute approximate surface area is 173 Å². The smallest absolute Gasteiger partial charge is 0.191 e. The molecule has 0 aliphatic carbocycles. The van der Waals surface area contributed by atoms with Gasteiger partial charge in [0.05, 0.1) is 5.69 Å². The highest BCUT2D eigenvalue weighted by atomic mass is 15.3. The molecule has 6 nitrogen and oxygen atoms in total. The van der Waals surface area contributed by atoms with E-state index in [1.54, 1.807) is 0 Å². The molecule has 29 heavy (non-hydrogen) atoms. The number of para-hydroxylation sites is 1. The van der Waals surface area contributed by atoms with Crippen molar-refractivity contribution < 1.29 is 0 Å². The molecule has 0 amide bonds. The molecule has 6 heteroatoms. The predicted octanol–water partition coefficient (Wildman–Crippen LogP) is 3.64. The van der Waals surface area contributed by atoms with E-state index < -0.39 is 0 Å². The second-order valence-corrected chi connectivity index (χ2v) is 7.75. The monoisotopic (exact) mass is 394 g/mol. The van der Waals surface area contributed by atoms with Gasteiger partial charge in [0.15, 0.2) is 5.96 Å². The highest BCUT2D eigenvalue weighted by Crippen LogP contribution is 2.19. The summed E-state index contributed by atoms with van der Waals surface area (Å²) in [7, 11) is 2.00. The molecular formula is C23H34N6. The number of guanidine groups is 1. The molecule has 1 aromatic carbocycles. The lowest BCUT2D eigenvalue weighted by Gasteiger charge is -2.18. The fourth-order valence-electron chi connectivity index (χ4n) is 3.82. The summed E-state index contributed by atoms with van der Waals surface area (Å²) in [6, 6.07) is 8.75. The lowest BCUT2D eigenvalue weighted by atomic mass is 10.1. The number of fused-ring (bicyclic) bond motifs is 1. The Balaban J connectivity index is 1.55. The first-order chi connectivity index (χ1) is 14.0. The van der Waals surface area contributed by atoms with E-state index in [4.69, 9.17) is 4.99 Å². The van der Waals surface area contributed by atoms with Crippen LogP contribution in [-0.2, 0) is 19.9 Å². The Morgan fingerprint density at radius 3 is 2.79 bits per heavy atom. The Morgan fingerprint density at radius 1 is 1.28 bits per heavy atom. The molecule has 0 saturated carbocycles. The summed E-state index contributed by atoms with van der Waals surface area (Å²) >= 11 is 0. The van der Waals surface area contributed by atoms with Crippen LogP contribution in [0.3, 0.4) is 0 Å². The third kappa shape index (κ3) is 5.19. The molecule has 1 atom stereocenters. The molecule has 2 heterocycles. The minimum absolute atomic E-state index is 0.281. The topological polar surface area (TPSA) is 70.0 Å². The summed E-state index contributed by atoms with van der Waals surface area (Å²) in [6.07, 6.45) is 5.11. The van der Waals surface area contributed by atoms with E-state index in [1.807, 2.05) is 11.7 Å². The minimum Gasteiger partial charge on any atom is -0.361 e. The molecule has 1 unspecified atom stereocenters. The number of aryl methyl sites for hydroxylation is 3. The normalized spacial score (nSPS) is 13.1. The van der Waals surface area contributed by atoms with E-state index in [9.17, 15) is 0 Å². The maximum atomic E-state index is 4.79. The van der Waals surface area contributed by atoms with Gasteiger partial charge in [0, 0.05) is 49.0 Å². The van der Waals surface area contributed by atoms with Crippen LogP contribution in [0.4, 0.5) is 0 Å². The Hall–Kier alpha value is -2.76. The van der Waals surface area contributed by atoms with Crippen molar-refractivity contribution in [3.63, 3.8) is 0 Å². The van der Waals surface area contributed by atoms with Crippen molar-refractivity contribution in [3.05, 3.63) is 53.0 Å². The van der Waals surface area contributed by atoms with Gasteiger partial charge in [0.25, 0.3) is 0 Å². The second kappa shape index (κ2) is 9.63. The summed E-state index contributed by atoms with van der Waals surface area (Å²) in [6.45, 7) is 10.2. The van der Waals surface area contributed by atoms with Crippen LogP contribution < -0.4 is 10.6 Å². The zero-order chi connectivity index (χ0) is 20.8. The van der Waals surface area contributed by atoms with Crippen molar-refractivity contribution in [1.82, 2.24) is 25.4 Å². The first-order valence-corrected chi connectivity index (χ1v) is 10.6. The van der Waals surface area contributed by atoms with Crippen molar-refractivity contribution in [2.45, 2.75) is 53.0 Å². The van der Waals surface area contributed by atoms with Crippen molar-refractivity contribution in [2.24, 2.45) is 12.0 Å². The molecule has 3 rings (SSSR count). The van der Waals surface area contributed by atoms with Crippen LogP contribution in [0.1, 0.15) is 42.8 Å². The summed E-state index contributed by atoms with van der Waals surface area (Å²) in [4.78, 5) is 8.14. The Kier molecular flexibility index (Phi) is 6.96. The molecule has 0 bridgehead atoms. The third-order valence-electron chi connectivity index (χ3n) is 5.45. The van der Waals surface area contributed by atoms with Crippen molar-refractivity contribution in [1.29, 1.82) is 0 Å². The highest BCUT2D eigenvalue weighted by molar-refractivity contribution is 5.83. The fourth-order valence-corrected chi connectivity index (χ4v) is 3.82. The van der Waals surface area contributed by atoms with E-state index in [0.717, 1.165) is 44.0 Å². The number of benzene rings is 1. The van der Waals surface area contributed by atoms with Crippen LogP contribution in [0.15, 0.2) is 35.5 Å². The molecular weight excluding hydrogens is 360 g/mol. The fraction of sp³-hybridized carbons (Fsp3) is 0.478. The van der Waals surface area contributed by atoms with E-state index in [2.05, 4.69) is 78.9 Å². The molecule has 0 saturated heterocycles. The standard InChI is InChI=1S/C23H34N6/c1-6-24-23(27-16(2)14-21-17(3)28-29(5)18(21)4)25-13-9-10-19-15-26-22-12-8-7-11-20(19)22/h7-8,11-12,15-16,26H,6,9-10,13-14H2,1-5H3,(H2,24,25,27). The molecule has 0 aliphatic heterocycles. The van der Waals surface area contributed by atoms with Crippen LogP contribution in [0, 0.1) is 13.8 Å². The number of aromatic nitrogens is 3. The van der Waals surface area contributed by atoms with Gasteiger partial charge in [-0.1, -0.05) is 18.2 Å². The lowest BCUT2D eigenvalue weighted by Crippen LogP contribution is -2.43. The van der Waals surface area contributed by atoms with Gasteiger partial charge in [0.2, 0.25) is 0 Å². The number of aliphatic imine (C=N–C) groups is 1. The van der Waals surface area contributed by atoms with Gasteiger partial charge in [-0.3, -0.25) is 9.67 Å². The van der Waals surface area contributed by atoms with Crippen LogP contribution >= 0.6 is 0 Å². The zero-order valence-electron chi connectivity index (χ0n) is 18.3. The van der Waals surface area contributed by atoms with Gasteiger partial charge in [-0.25, -0.2) is 0 Å². The molecule has 3 aromatic rings. The highest BCUT2D eigenvalue weighted by Gasteiger charge is 2.14. The van der Waals surface area contributed by atoms with Gasteiger partial charge in [-0.15, -0.1) is 0 Å². The van der Waals surface area contributed by atoms with E-state index >= 15 is 0 Å². The first kappa shape index (κ1) is 21.0. The van der Waals surface area contributed by atoms with Gasteiger partial charge in [-0.2, -0.15) is 5.10 Å². The maximum absolute atomic E-state index is 4.79.